The Labute approximate surface area is 186 Å². The van der Waals surface area contributed by atoms with Crippen LogP contribution < -0.4 is 14.8 Å². The topological polar surface area (TPSA) is 94.2 Å². The van der Waals surface area contributed by atoms with Gasteiger partial charge in [-0.25, -0.2) is 8.42 Å². The number of sulfonamides is 1. The van der Waals surface area contributed by atoms with Crippen LogP contribution in [0.15, 0.2) is 41.3 Å². The number of carbonyl (C=O) groups excluding carboxylic acids is 1. The first-order valence-electron chi connectivity index (χ1n) is 9.95. The van der Waals surface area contributed by atoms with Crippen molar-refractivity contribution in [3.8, 4) is 11.5 Å². The molecule has 2 aromatic carbocycles. The highest BCUT2D eigenvalue weighted by molar-refractivity contribution is 7.89. The zero-order valence-electron chi connectivity index (χ0n) is 16.8. The molecule has 0 aliphatic carbocycles. The lowest BCUT2D eigenvalue weighted by molar-refractivity contribution is -0.120. The molecule has 8 nitrogen and oxygen atoms in total. The number of halogens is 1. The highest BCUT2D eigenvalue weighted by atomic mass is 35.5. The summed E-state index contributed by atoms with van der Waals surface area (Å²) in [4.78, 5) is 12.6. The lowest BCUT2D eigenvalue weighted by Crippen LogP contribution is -2.40. The summed E-state index contributed by atoms with van der Waals surface area (Å²) in [6.07, 6.45) is 0.139. The molecule has 0 spiro atoms. The number of hydrogen-bond donors (Lipinski definition) is 1. The number of hydrogen-bond acceptors (Lipinski definition) is 6. The van der Waals surface area contributed by atoms with Crippen LogP contribution >= 0.6 is 11.6 Å². The molecule has 0 unspecified atom stereocenters. The first-order chi connectivity index (χ1) is 14.9. The summed E-state index contributed by atoms with van der Waals surface area (Å²) in [5, 5.41) is 3.25. The number of morpholine rings is 1. The summed E-state index contributed by atoms with van der Waals surface area (Å²) in [6.45, 7) is 2.67. The zero-order valence-corrected chi connectivity index (χ0v) is 18.4. The van der Waals surface area contributed by atoms with Crippen LogP contribution in [0.4, 0.5) is 0 Å². The van der Waals surface area contributed by atoms with Gasteiger partial charge in [0.1, 0.15) is 13.2 Å². The predicted octanol–water partition coefficient (Wildman–Crippen LogP) is 1.99. The van der Waals surface area contributed by atoms with Crippen LogP contribution in [0.1, 0.15) is 11.1 Å². The van der Waals surface area contributed by atoms with Gasteiger partial charge in [-0.2, -0.15) is 4.31 Å². The molecule has 0 radical (unpaired) electrons. The summed E-state index contributed by atoms with van der Waals surface area (Å²) in [5.74, 6) is 0.862. The van der Waals surface area contributed by atoms with Gasteiger partial charge in [0.05, 0.1) is 29.6 Å². The third-order valence-electron chi connectivity index (χ3n) is 5.04. The van der Waals surface area contributed by atoms with E-state index in [0.717, 1.165) is 11.1 Å². The van der Waals surface area contributed by atoms with Gasteiger partial charge in [-0.05, 0) is 35.4 Å². The van der Waals surface area contributed by atoms with E-state index in [0.29, 0.717) is 56.0 Å². The molecule has 0 saturated carbocycles. The first kappa shape index (κ1) is 21.9. The number of ether oxygens (including phenoxy) is 3. The molecule has 1 amide bonds. The van der Waals surface area contributed by atoms with E-state index < -0.39 is 10.0 Å². The van der Waals surface area contributed by atoms with Crippen LogP contribution in [0.3, 0.4) is 0 Å². The number of amides is 1. The van der Waals surface area contributed by atoms with Crippen LogP contribution in [0, 0.1) is 0 Å². The monoisotopic (exact) mass is 466 g/mol. The molecule has 166 valence electrons. The second kappa shape index (κ2) is 9.44. The maximum atomic E-state index is 12.7. The van der Waals surface area contributed by atoms with Gasteiger partial charge < -0.3 is 19.5 Å². The predicted molar refractivity (Wildman–Crippen MR) is 114 cm³/mol. The van der Waals surface area contributed by atoms with Gasteiger partial charge in [-0.15, -0.1) is 0 Å². The molecule has 0 atom stereocenters. The molecule has 4 rings (SSSR count). The number of rotatable bonds is 6. The Morgan fingerprint density at radius 3 is 2.45 bits per heavy atom. The van der Waals surface area contributed by atoms with Crippen molar-refractivity contribution in [3.05, 3.63) is 52.5 Å². The van der Waals surface area contributed by atoms with E-state index >= 15 is 0 Å². The minimum atomic E-state index is -3.53. The lowest BCUT2D eigenvalue weighted by atomic mass is 10.1. The highest BCUT2D eigenvalue weighted by Gasteiger charge is 2.26. The average molecular weight is 467 g/mol. The van der Waals surface area contributed by atoms with Crippen molar-refractivity contribution >= 4 is 27.5 Å². The van der Waals surface area contributed by atoms with Crippen molar-refractivity contribution in [2.75, 3.05) is 39.5 Å². The van der Waals surface area contributed by atoms with Crippen molar-refractivity contribution in [1.29, 1.82) is 0 Å². The molecule has 1 N–H and O–H groups in total. The molecule has 0 bridgehead atoms. The third kappa shape index (κ3) is 5.12. The Kier molecular flexibility index (Phi) is 6.66. The molecule has 10 heteroatoms. The number of benzene rings is 2. The minimum absolute atomic E-state index is 0.139. The molecule has 2 aliphatic heterocycles. The number of carbonyl (C=O) groups is 1. The standard InChI is InChI=1S/C21H23ClN2O6S/c22-18-11-16(12-19-21(18)30-10-9-29-19)13-20(25)23-14-15-1-3-17(4-2-15)31(26,27)24-5-7-28-8-6-24/h1-4,11-12H,5-10,13-14H2,(H,23,25). The Bertz CT molecular complexity index is 1050. The van der Waals surface area contributed by atoms with Crippen molar-refractivity contribution in [3.63, 3.8) is 0 Å². The van der Waals surface area contributed by atoms with Gasteiger partial charge in [0, 0.05) is 19.6 Å². The van der Waals surface area contributed by atoms with Crippen molar-refractivity contribution in [2.24, 2.45) is 0 Å². The fraction of sp³-hybridized carbons (Fsp3) is 0.381. The van der Waals surface area contributed by atoms with Crippen molar-refractivity contribution in [2.45, 2.75) is 17.9 Å². The summed E-state index contributed by atoms with van der Waals surface area (Å²) in [5.41, 5.74) is 1.52. The van der Waals surface area contributed by atoms with E-state index in [2.05, 4.69) is 5.32 Å². The number of nitrogens with zero attached hydrogens (tertiary/aromatic N) is 1. The van der Waals surface area contributed by atoms with Gasteiger partial charge in [-0.3, -0.25) is 4.79 Å². The van der Waals surface area contributed by atoms with E-state index in [9.17, 15) is 13.2 Å². The van der Waals surface area contributed by atoms with E-state index in [1.807, 2.05) is 0 Å². The third-order valence-corrected chi connectivity index (χ3v) is 7.24. The lowest BCUT2D eigenvalue weighted by Gasteiger charge is -2.26. The molecule has 2 aromatic rings. The van der Waals surface area contributed by atoms with E-state index in [-0.39, 0.29) is 23.8 Å². The minimum Gasteiger partial charge on any atom is -0.486 e. The molecule has 1 fully saturated rings. The molecule has 1 saturated heterocycles. The van der Waals surface area contributed by atoms with Gasteiger partial charge in [0.25, 0.3) is 0 Å². The average Bonchev–Trinajstić information content (AvgIpc) is 2.78. The van der Waals surface area contributed by atoms with Crippen LogP contribution in [0.25, 0.3) is 0 Å². The largest absolute Gasteiger partial charge is 0.486 e. The van der Waals surface area contributed by atoms with Crippen LogP contribution in [0.5, 0.6) is 11.5 Å². The van der Waals surface area contributed by atoms with Crippen molar-refractivity contribution < 1.29 is 27.4 Å². The maximum absolute atomic E-state index is 12.7. The van der Waals surface area contributed by atoms with E-state index in [1.165, 1.54) is 4.31 Å². The molecular formula is C21H23ClN2O6S. The zero-order chi connectivity index (χ0) is 21.8. The molecule has 2 heterocycles. The number of fused-ring (bicyclic) bond motifs is 1. The Balaban J connectivity index is 1.34. The fourth-order valence-electron chi connectivity index (χ4n) is 3.43. The quantitative estimate of drug-likeness (QED) is 0.699. The molecule has 31 heavy (non-hydrogen) atoms. The highest BCUT2D eigenvalue weighted by Crippen LogP contribution is 2.38. The van der Waals surface area contributed by atoms with Gasteiger partial charge >= 0.3 is 0 Å². The normalized spacial score (nSPS) is 16.7. The second-order valence-electron chi connectivity index (χ2n) is 7.22. The van der Waals surface area contributed by atoms with Gasteiger partial charge in [0.15, 0.2) is 11.5 Å². The van der Waals surface area contributed by atoms with Gasteiger partial charge in [0.2, 0.25) is 15.9 Å². The SMILES string of the molecule is O=C(Cc1cc(Cl)c2c(c1)OCCO2)NCc1ccc(S(=O)(=O)N2CCOCC2)cc1. The summed E-state index contributed by atoms with van der Waals surface area (Å²) >= 11 is 6.22. The fourth-order valence-corrected chi connectivity index (χ4v) is 5.13. The maximum Gasteiger partial charge on any atom is 0.243 e. The van der Waals surface area contributed by atoms with Crippen LogP contribution in [0.2, 0.25) is 5.02 Å². The summed E-state index contributed by atoms with van der Waals surface area (Å²) in [7, 11) is -3.53. The molecular weight excluding hydrogens is 444 g/mol. The van der Waals surface area contributed by atoms with Crippen LogP contribution in [-0.4, -0.2) is 58.1 Å². The molecule has 0 aromatic heterocycles. The summed E-state index contributed by atoms with van der Waals surface area (Å²) in [6, 6.07) is 9.98. The van der Waals surface area contributed by atoms with Crippen LogP contribution in [-0.2, 0) is 32.5 Å². The van der Waals surface area contributed by atoms with E-state index in [4.69, 9.17) is 25.8 Å². The van der Waals surface area contributed by atoms with E-state index in [1.54, 1.807) is 36.4 Å². The Morgan fingerprint density at radius 2 is 1.71 bits per heavy atom. The first-order valence-corrected chi connectivity index (χ1v) is 11.8. The second-order valence-corrected chi connectivity index (χ2v) is 9.56. The van der Waals surface area contributed by atoms with Gasteiger partial charge in [-0.1, -0.05) is 23.7 Å². The molecule has 2 aliphatic rings. The summed E-state index contributed by atoms with van der Waals surface area (Å²) < 4.78 is 43.0. The number of nitrogens with one attached hydrogen (secondary N) is 1. The Morgan fingerprint density at radius 1 is 1.00 bits per heavy atom. The Hall–Kier alpha value is -2.33. The van der Waals surface area contributed by atoms with Crippen molar-refractivity contribution in [1.82, 2.24) is 9.62 Å². The smallest absolute Gasteiger partial charge is 0.243 e.